The lowest BCUT2D eigenvalue weighted by molar-refractivity contribution is 0.104. The second kappa shape index (κ2) is 5.34. The fourth-order valence-electron chi connectivity index (χ4n) is 2.76. The number of thiophene rings is 1. The molecular weight excluding hydrogens is 288 g/mol. The first-order valence-electron chi connectivity index (χ1n) is 6.99. The van der Waals surface area contributed by atoms with Crippen molar-refractivity contribution in [2.24, 2.45) is 0 Å². The largest absolute Gasteiger partial charge is 0.288 e. The SMILES string of the molecule is Cc1cc(C(=O)c2cc3c(s2)CCCC3)c(C)cc1Cl. The van der Waals surface area contributed by atoms with Crippen molar-refractivity contribution < 1.29 is 4.79 Å². The summed E-state index contributed by atoms with van der Waals surface area (Å²) in [6, 6.07) is 5.90. The number of aryl methyl sites for hydroxylation is 4. The van der Waals surface area contributed by atoms with Gasteiger partial charge in [0.2, 0.25) is 5.78 Å². The first-order valence-corrected chi connectivity index (χ1v) is 8.18. The van der Waals surface area contributed by atoms with Crippen molar-refractivity contribution in [3.05, 3.63) is 55.2 Å². The van der Waals surface area contributed by atoms with Crippen molar-refractivity contribution in [1.29, 1.82) is 0 Å². The molecule has 0 bridgehead atoms. The molecule has 0 amide bonds. The van der Waals surface area contributed by atoms with E-state index in [1.165, 1.54) is 23.3 Å². The third kappa shape index (κ3) is 2.43. The van der Waals surface area contributed by atoms with E-state index < -0.39 is 0 Å². The number of halogens is 1. The maximum Gasteiger partial charge on any atom is 0.203 e. The number of rotatable bonds is 2. The summed E-state index contributed by atoms with van der Waals surface area (Å²) in [6.07, 6.45) is 4.75. The van der Waals surface area contributed by atoms with Gasteiger partial charge in [0.15, 0.2) is 0 Å². The third-order valence-corrected chi connectivity index (χ3v) is 5.61. The predicted molar refractivity (Wildman–Crippen MR) is 85.3 cm³/mol. The van der Waals surface area contributed by atoms with Crippen LogP contribution in [0.5, 0.6) is 0 Å². The fourth-order valence-corrected chi connectivity index (χ4v) is 4.19. The summed E-state index contributed by atoms with van der Waals surface area (Å²) in [6.45, 7) is 3.89. The molecule has 0 unspecified atom stereocenters. The highest BCUT2D eigenvalue weighted by atomic mass is 35.5. The highest BCUT2D eigenvalue weighted by Gasteiger charge is 2.20. The van der Waals surface area contributed by atoms with Gasteiger partial charge in [0.25, 0.3) is 0 Å². The third-order valence-electron chi connectivity index (χ3n) is 3.97. The first-order chi connectivity index (χ1) is 9.56. The van der Waals surface area contributed by atoms with Gasteiger partial charge in [0.05, 0.1) is 4.88 Å². The summed E-state index contributed by atoms with van der Waals surface area (Å²) in [7, 11) is 0. The standard InChI is InChI=1S/C17H17ClOS/c1-10-8-14(18)11(2)7-13(10)17(19)16-9-12-5-3-4-6-15(12)20-16/h7-9H,3-6H2,1-2H3. The Hall–Kier alpha value is -1.12. The molecule has 3 heteroatoms. The van der Waals surface area contributed by atoms with E-state index >= 15 is 0 Å². The van der Waals surface area contributed by atoms with Gasteiger partial charge in [-0.1, -0.05) is 11.6 Å². The Labute approximate surface area is 128 Å². The number of fused-ring (bicyclic) bond motifs is 1. The molecule has 2 aromatic rings. The summed E-state index contributed by atoms with van der Waals surface area (Å²) in [5, 5.41) is 0.726. The van der Waals surface area contributed by atoms with Crippen molar-refractivity contribution in [1.82, 2.24) is 0 Å². The van der Waals surface area contributed by atoms with E-state index in [-0.39, 0.29) is 5.78 Å². The Kier molecular flexibility index (Phi) is 3.70. The minimum atomic E-state index is 0.140. The van der Waals surface area contributed by atoms with E-state index in [9.17, 15) is 4.79 Å². The number of carbonyl (C=O) groups is 1. The molecule has 0 N–H and O–H groups in total. The van der Waals surface area contributed by atoms with Gasteiger partial charge in [-0.3, -0.25) is 4.79 Å². The van der Waals surface area contributed by atoms with Crippen LogP contribution in [0.4, 0.5) is 0 Å². The van der Waals surface area contributed by atoms with E-state index in [4.69, 9.17) is 11.6 Å². The smallest absolute Gasteiger partial charge is 0.203 e. The molecule has 1 aliphatic rings. The molecular formula is C17H17ClOS. The highest BCUT2D eigenvalue weighted by Crippen LogP contribution is 2.32. The summed E-state index contributed by atoms with van der Waals surface area (Å²) in [4.78, 5) is 15.0. The minimum absolute atomic E-state index is 0.140. The van der Waals surface area contributed by atoms with E-state index in [0.29, 0.717) is 0 Å². The zero-order valence-electron chi connectivity index (χ0n) is 11.8. The van der Waals surface area contributed by atoms with Crippen LogP contribution in [0.1, 0.15) is 49.6 Å². The number of hydrogen-bond acceptors (Lipinski definition) is 2. The van der Waals surface area contributed by atoms with E-state index in [1.807, 2.05) is 26.0 Å². The van der Waals surface area contributed by atoms with Crippen molar-refractivity contribution in [3.8, 4) is 0 Å². The highest BCUT2D eigenvalue weighted by molar-refractivity contribution is 7.14. The molecule has 0 saturated heterocycles. The van der Waals surface area contributed by atoms with Crippen LogP contribution >= 0.6 is 22.9 Å². The minimum Gasteiger partial charge on any atom is -0.288 e. The second-order valence-corrected chi connectivity index (χ2v) is 7.06. The van der Waals surface area contributed by atoms with Gasteiger partial charge in [0, 0.05) is 15.5 Å². The molecule has 1 aromatic carbocycles. The molecule has 1 aromatic heterocycles. The quantitative estimate of drug-likeness (QED) is 0.703. The topological polar surface area (TPSA) is 17.1 Å². The molecule has 0 aliphatic heterocycles. The lowest BCUT2D eigenvalue weighted by atomic mass is 9.97. The van der Waals surface area contributed by atoms with Crippen LogP contribution in [0, 0.1) is 13.8 Å². The summed E-state index contributed by atoms with van der Waals surface area (Å²) in [5.74, 6) is 0.140. The van der Waals surface area contributed by atoms with Gasteiger partial charge in [-0.05, 0) is 74.4 Å². The van der Waals surface area contributed by atoms with Crippen LogP contribution in [0.15, 0.2) is 18.2 Å². The lowest BCUT2D eigenvalue weighted by Crippen LogP contribution is -2.02. The van der Waals surface area contributed by atoms with Crippen LogP contribution in [0.25, 0.3) is 0 Å². The normalized spacial score (nSPS) is 14.2. The average molecular weight is 305 g/mol. The average Bonchev–Trinajstić information content (AvgIpc) is 2.86. The molecule has 1 heterocycles. The Bertz CT molecular complexity index is 661. The van der Waals surface area contributed by atoms with Crippen molar-refractivity contribution in [2.75, 3.05) is 0 Å². The number of ketones is 1. The fraction of sp³-hybridized carbons (Fsp3) is 0.353. The molecule has 3 rings (SSSR count). The van der Waals surface area contributed by atoms with E-state index in [0.717, 1.165) is 39.4 Å². The molecule has 1 aliphatic carbocycles. The van der Waals surface area contributed by atoms with Gasteiger partial charge >= 0.3 is 0 Å². The molecule has 1 nitrogen and oxygen atoms in total. The molecule has 20 heavy (non-hydrogen) atoms. The lowest BCUT2D eigenvalue weighted by Gasteiger charge is -2.08. The second-order valence-electron chi connectivity index (χ2n) is 5.51. The number of benzene rings is 1. The van der Waals surface area contributed by atoms with Gasteiger partial charge in [-0.2, -0.15) is 0 Å². The molecule has 0 fully saturated rings. The Morgan fingerprint density at radius 2 is 1.85 bits per heavy atom. The Morgan fingerprint density at radius 1 is 1.10 bits per heavy atom. The van der Waals surface area contributed by atoms with Crippen LogP contribution in [-0.2, 0) is 12.8 Å². The Morgan fingerprint density at radius 3 is 2.60 bits per heavy atom. The van der Waals surface area contributed by atoms with Gasteiger partial charge in [0.1, 0.15) is 0 Å². The van der Waals surface area contributed by atoms with Gasteiger partial charge < -0.3 is 0 Å². The van der Waals surface area contributed by atoms with Gasteiger partial charge in [-0.25, -0.2) is 0 Å². The van der Waals surface area contributed by atoms with E-state index in [1.54, 1.807) is 11.3 Å². The van der Waals surface area contributed by atoms with Crippen LogP contribution in [0.2, 0.25) is 5.02 Å². The van der Waals surface area contributed by atoms with Crippen LogP contribution in [-0.4, -0.2) is 5.78 Å². The van der Waals surface area contributed by atoms with Crippen LogP contribution < -0.4 is 0 Å². The van der Waals surface area contributed by atoms with Crippen molar-refractivity contribution in [2.45, 2.75) is 39.5 Å². The zero-order valence-corrected chi connectivity index (χ0v) is 13.3. The maximum absolute atomic E-state index is 12.7. The molecule has 0 spiro atoms. The molecule has 0 atom stereocenters. The van der Waals surface area contributed by atoms with Crippen LogP contribution in [0.3, 0.4) is 0 Å². The summed E-state index contributed by atoms with van der Waals surface area (Å²) >= 11 is 7.78. The summed E-state index contributed by atoms with van der Waals surface area (Å²) in [5.41, 5.74) is 4.08. The van der Waals surface area contributed by atoms with E-state index in [2.05, 4.69) is 6.07 Å². The first kappa shape index (κ1) is 13.8. The predicted octanol–water partition coefficient (Wildman–Crippen LogP) is 5.13. The molecule has 104 valence electrons. The zero-order chi connectivity index (χ0) is 14.3. The van der Waals surface area contributed by atoms with Gasteiger partial charge in [-0.15, -0.1) is 11.3 Å². The van der Waals surface area contributed by atoms with Crippen molar-refractivity contribution in [3.63, 3.8) is 0 Å². The Balaban J connectivity index is 2.00. The van der Waals surface area contributed by atoms with Crippen molar-refractivity contribution >= 4 is 28.7 Å². The summed E-state index contributed by atoms with van der Waals surface area (Å²) < 4.78 is 0. The number of hydrogen-bond donors (Lipinski definition) is 0. The maximum atomic E-state index is 12.7. The molecule has 0 saturated carbocycles. The number of carbonyl (C=O) groups excluding carboxylic acids is 1. The monoisotopic (exact) mass is 304 g/mol. The molecule has 0 radical (unpaired) electrons.